The van der Waals surface area contributed by atoms with Crippen molar-refractivity contribution in [3.05, 3.63) is 0 Å². The van der Waals surface area contributed by atoms with Crippen LogP contribution in [0.15, 0.2) is 0 Å². The Labute approximate surface area is 196 Å². The van der Waals surface area contributed by atoms with E-state index in [1.165, 1.54) is 12.8 Å². The fourth-order valence-electron chi connectivity index (χ4n) is 3.10. The van der Waals surface area contributed by atoms with Gasteiger partial charge in [0.2, 0.25) is 0 Å². The normalized spacial score (nSPS) is 11.4. The summed E-state index contributed by atoms with van der Waals surface area (Å²) in [5.74, 6) is -0.977. The Hall–Kier alpha value is -1.59. The first kappa shape index (κ1) is 30.4. The van der Waals surface area contributed by atoms with Gasteiger partial charge in [-0.25, -0.2) is 0 Å². The summed E-state index contributed by atoms with van der Waals surface area (Å²) in [6.45, 7) is 10.3. The molecule has 0 fully saturated rings. The Bertz CT molecular complexity index is 479. The van der Waals surface area contributed by atoms with Crippen LogP contribution in [0.3, 0.4) is 0 Å². The van der Waals surface area contributed by atoms with Crippen molar-refractivity contribution < 1.29 is 28.6 Å². The molecule has 32 heavy (non-hydrogen) atoms. The minimum atomic E-state index is -0.768. The third-order valence-corrected chi connectivity index (χ3v) is 5.21. The minimum Gasteiger partial charge on any atom is -0.462 e. The lowest BCUT2D eigenvalue weighted by molar-refractivity contribution is -0.167. The van der Waals surface area contributed by atoms with E-state index in [0.29, 0.717) is 19.3 Å². The molecule has 6 heteroatoms. The number of carbonyl (C=O) groups is 3. The molecule has 0 aliphatic carbocycles. The maximum Gasteiger partial charge on any atom is 0.306 e. The molecule has 6 nitrogen and oxygen atoms in total. The largest absolute Gasteiger partial charge is 0.462 e. The Morgan fingerprint density at radius 2 is 1.06 bits per heavy atom. The van der Waals surface area contributed by atoms with E-state index in [2.05, 4.69) is 34.6 Å². The van der Waals surface area contributed by atoms with Gasteiger partial charge in [0.25, 0.3) is 0 Å². The Morgan fingerprint density at radius 1 is 0.625 bits per heavy atom. The monoisotopic (exact) mass is 456 g/mol. The van der Waals surface area contributed by atoms with Crippen molar-refractivity contribution >= 4 is 17.9 Å². The molecule has 0 rings (SSSR count). The predicted molar refractivity (Wildman–Crippen MR) is 127 cm³/mol. The van der Waals surface area contributed by atoms with Crippen LogP contribution in [0.25, 0.3) is 0 Å². The lowest BCUT2D eigenvalue weighted by atomic mass is 9.91. The van der Waals surface area contributed by atoms with E-state index < -0.39 is 6.10 Å². The third-order valence-electron chi connectivity index (χ3n) is 5.21. The average Bonchev–Trinajstić information content (AvgIpc) is 2.73. The first-order valence-electron chi connectivity index (χ1n) is 12.7. The van der Waals surface area contributed by atoms with Crippen LogP contribution >= 0.6 is 0 Å². The van der Waals surface area contributed by atoms with Crippen molar-refractivity contribution in [2.24, 2.45) is 5.41 Å². The summed E-state index contributed by atoms with van der Waals surface area (Å²) < 4.78 is 16.1. The van der Waals surface area contributed by atoms with E-state index in [1.807, 2.05) is 0 Å². The van der Waals surface area contributed by atoms with Crippen LogP contribution in [-0.4, -0.2) is 37.2 Å². The highest BCUT2D eigenvalue weighted by Gasteiger charge is 2.21. The van der Waals surface area contributed by atoms with Crippen molar-refractivity contribution in [1.29, 1.82) is 0 Å². The highest BCUT2D eigenvalue weighted by atomic mass is 16.6. The van der Waals surface area contributed by atoms with Gasteiger partial charge >= 0.3 is 17.9 Å². The Kier molecular flexibility index (Phi) is 18.0. The van der Waals surface area contributed by atoms with Crippen LogP contribution in [0.2, 0.25) is 0 Å². The molecule has 0 radical (unpaired) electrons. The number of ether oxygens (including phenoxy) is 3. The molecule has 0 heterocycles. The lowest BCUT2D eigenvalue weighted by Crippen LogP contribution is -2.31. The van der Waals surface area contributed by atoms with Crippen LogP contribution in [0.5, 0.6) is 0 Å². The zero-order valence-electron chi connectivity index (χ0n) is 21.3. The molecule has 0 aromatic rings. The molecule has 0 aliphatic heterocycles. The SMILES string of the molecule is CCCCCCCC(=O)OCC(COC(=O)CCCCCCC)OC(=O)CCC(C)(C)C. The molecule has 188 valence electrons. The van der Waals surface area contributed by atoms with Crippen LogP contribution in [0.1, 0.15) is 125 Å². The zero-order chi connectivity index (χ0) is 24.2. The number of carbonyl (C=O) groups excluding carboxylic acids is 3. The maximum absolute atomic E-state index is 12.2. The van der Waals surface area contributed by atoms with E-state index in [0.717, 1.165) is 51.4 Å². The third kappa shape index (κ3) is 20.3. The van der Waals surface area contributed by atoms with Gasteiger partial charge in [0.15, 0.2) is 6.10 Å². The molecule has 0 aromatic heterocycles. The molecule has 0 aliphatic rings. The molecule has 0 amide bonds. The molecule has 0 bridgehead atoms. The van der Waals surface area contributed by atoms with E-state index in [9.17, 15) is 14.4 Å². The molecule has 0 saturated heterocycles. The summed E-state index contributed by atoms with van der Waals surface area (Å²) in [5, 5.41) is 0. The van der Waals surface area contributed by atoms with Gasteiger partial charge < -0.3 is 14.2 Å². The highest BCUT2D eigenvalue weighted by Crippen LogP contribution is 2.21. The van der Waals surface area contributed by atoms with Crippen LogP contribution in [0.4, 0.5) is 0 Å². The molecule has 0 saturated carbocycles. The predicted octanol–water partition coefficient (Wildman–Crippen LogP) is 6.53. The van der Waals surface area contributed by atoms with Gasteiger partial charge in [0, 0.05) is 19.3 Å². The molecule has 0 unspecified atom stereocenters. The maximum atomic E-state index is 12.2. The summed E-state index contributed by atoms with van der Waals surface area (Å²) in [4.78, 5) is 36.3. The number of esters is 3. The van der Waals surface area contributed by atoms with Gasteiger partial charge in [-0.15, -0.1) is 0 Å². The minimum absolute atomic E-state index is 0.0169. The van der Waals surface area contributed by atoms with Crippen molar-refractivity contribution in [2.45, 2.75) is 131 Å². The summed E-state index contributed by atoms with van der Waals surface area (Å²) in [5.41, 5.74) is 0.0169. The fourth-order valence-corrected chi connectivity index (χ4v) is 3.10. The molecule has 0 spiro atoms. The lowest BCUT2D eigenvalue weighted by Gasteiger charge is -2.20. The van der Waals surface area contributed by atoms with Crippen molar-refractivity contribution in [3.8, 4) is 0 Å². The van der Waals surface area contributed by atoms with Gasteiger partial charge in [-0.2, -0.15) is 0 Å². The van der Waals surface area contributed by atoms with Gasteiger partial charge in [0.05, 0.1) is 0 Å². The van der Waals surface area contributed by atoms with Gasteiger partial charge in [-0.1, -0.05) is 86.0 Å². The summed E-state index contributed by atoms with van der Waals surface area (Å²) in [6.07, 6.45) is 11.4. The molecule has 0 atom stereocenters. The number of hydrogen-bond donors (Lipinski definition) is 0. The second-order valence-corrected chi connectivity index (χ2v) is 9.87. The first-order valence-corrected chi connectivity index (χ1v) is 12.7. The Morgan fingerprint density at radius 3 is 1.47 bits per heavy atom. The topological polar surface area (TPSA) is 78.9 Å². The molecule has 0 N–H and O–H groups in total. The van der Waals surface area contributed by atoms with Gasteiger partial charge in [-0.05, 0) is 24.7 Å². The van der Waals surface area contributed by atoms with Crippen molar-refractivity contribution in [3.63, 3.8) is 0 Å². The van der Waals surface area contributed by atoms with Crippen LogP contribution in [-0.2, 0) is 28.6 Å². The smallest absolute Gasteiger partial charge is 0.306 e. The molecular formula is C26H48O6. The zero-order valence-corrected chi connectivity index (χ0v) is 21.3. The number of rotatable bonds is 19. The number of hydrogen-bond acceptors (Lipinski definition) is 6. The van der Waals surface area contributed by atoms with Gasteiger partial charge in [0.1, 0.15) is 13.2 Å². The first-order chi connectivity index (χ1) is 15.2. The van der Waals surface area contributed by atoms with Crippen molar-refractivity contribution in [1.82, 2.24) is 0 Å². The molecular weight excluding hydrogens is 408 g/mol. The summed E-state index contributed by atoms with van der Waals surface area (Å²) >= 11 is 0. The molecule has 0 aromatic carbocycles. The van der Waals surface area contributed by atoms with E-state index >= 15 is 0 Å². The van der Waals surface area contributed by atoms with Crippen molar-refractivity contribution in [2.75, 3.05) is 13.2 Å². The summed E-state index contributed by atoms with van der Waals surface area (Å²) in [6, 6.07) is 0. The fraction of sp³-hybridized carbons (Fsp3) is 0.885. The van der Waals surface area contributed by atoms with E-state index in [1.54, 1.807) is 0 Å². The Balaban J connectivity index is 4.45. The average molecular weight is 457 g/mol. The van der Waals surface area contributed by atoms with E-state index in [4.69, 9.17) is 14.2 Å². The van der Waals surface area contributed by atoms with E-state index in [-0.39, 0.29) is 43.0 Å². The standard InChI is InChI=1S/C26H48O6/c1-6-8-10-12-14-16-23(27)30-20-22(32-25(29)18-19-26(3,4)5)21-31-24(28)17-15-13-11-9-7-2/h22H,6-21H2,1-5H3. The quantitative estimate of drug-likeness (QED) is 0.125. The second kappa shape index (κ2) is 18.9. The summed E-state index contributed by atoms with van der Waals surface area (Å²) in [7, 11) is 0. The highest BCUT2D eigenvalue weighted by molar-refractivity contribution is 5.71. The number of unbranched alkanes of at least 4 members (excludes halogenated alkanes) is 8. The second-order valence-electron chi connectivity index (χ2n) is 9.87. The van der Waals surface area contributed by atoms with Crippen LogP contribution in [0, 0.1) is 5.41 Å². The van der Waals surface area contributed by atoms with Crippen LogP contribution < -0.4 is 0 Å². The van der Waals surface area contributed by atoms with Gasteiger partial charge in [-0.3, -0.25) is 14.4 Å².